The van der Waals surface area contributed by atoms with Crippen molar-refractivity contribution < 1.29 is 20.1 Å². The zero-order valence-electron chi connectivity index (χ0n) is 20.1. The smallest absolute Gasteiger partial charge is 0.127 e. The molecule has 34 heavy (non-hydrogen) atoms. The minimum Gasteiger partial charge on any atom is -0.315 e. The third-order valence-electron chi connectivity index (χ3n) is 6.11. The van der Waals surface area contributed by atoms with Crippen LogP contribution in [-0.2, 0) is 20.1 Å². The number of fused-ring (bicyclic) bond motifs is 1. The number of benzene rings is 3. The van der Waals surface area contributed by atoms with Gasteiger partial charge in [0, 0.05) is 31.3 Å². The summed E-state index contributed by atoms with van der Waals surface area (Å²) in [6, 6.07) is 24.3. The van der Waals surface area contributed by atoms with Gasteiger partial charge in [0.05, 0.1) is 17.3 Å². The van der Waals surface area contributed by atoms with E-state index in [2.05, 4.69) is 84.8 Å². The molecule has 0 fully saturated rings. The zero-order valence-corrected chi connectivity index (χ0v) is 22.5. The number of hydrogen-bond donors (Lipinski definition) is 0. The number of imidazole rings is 1. The van der Waals surface area contributed by atoms with Crippen molar-refractivity contribution in [3.8, 4) is 22.8 Å². The second-order valence-electron chi connectivity index (χ2n) is 9.04. The quantitative estimate of drug-likeness (QED) is 0.206. The minimum absolute atomic E-state index is 0. The Balaban J connectivity index is 0.00000274. The molecule has 0 amide bonds. The van der Waals surface area contributed by atoms with Crippen molar-refractivity contribution in [2.75, 3.05) is 0 Å². The molecule has 0 atom stereocenters. The Labute approximate surface area is 214 Å². The van der Waals surface area contributed by atoms with Gasteiger partial charge in [-0.3, -0.25) is 14.6 Å². The van der Waals surface area contributed by atoms with Gasteiger partial charge in [-0.1, -0.05) is 64.1 Å². The van der Waals surface area contributed by atoms with Gasteiger partial charge in [0.2, 0.25) is 0 Å². The van der Waals surface area contributed by atoms with Crippen molar-refractivity contribution in [2.24, 2.45) is 0 Å². The second kappa shape index (κ2) is 9.65. The monoisotopic (exact) mass is 627 g/mol. The van der Waals surface area contributed by atoms with Crippen molar-refractivity contribution in [1.29, 1.82) is 0 Å². The van der Waals surface area contributed by atoms with Crippen LogP contribution in [0.25, 0.3) is 33.8 Å². The van der Waals surface area contributed by atoms with E-state index in [1.54, 1.807) is 6.33 Å². The van der Waals surface area contributed by atoms with Crippen LogP contribution >= 0.6 is 0 Å². The van der Waals surface area contributed by atoms with Gasteiger partial charge in [-0.2, -0.15) is 5.10 Å². The molecule has 0 N–H and O–H groups in total. The maximum Gasteiger partial charge on any atom is 0.127 e. The largest absolute Gasteiger partial charge is 0.315 e. The third kappa shape index (κ3) is 4.13. The third-order valence-corrected chi connectivity index (χ3v) is 6.11. The van der Waals surface area contributed by atoms with Crippen LogP contribution in [0.3, 0.4) is 0 Å². The molecular formula is C28H28IrN5-. The molecule has 0 aliphatic rings. The predicted octanol–water partition coefficient (Wildman–Crippen LogP) is 6.63. The number of rotatable bonds is 5. The second-order valence-corrected chi connectivity index (χ2v) is 9.04. The first-order chi connectivity index (χ1) is 16.0. The van der Waals surface area contributed by atoms with Gasteiger partial charge in [-0.25, -0.2) is 0 Å². The number of para-hydroxylation sites is 2. The van der Waals surface area contributed by atoms with Crippen LogP contribution < -0.4 is 0 Å². The average Bonchev–Trinajstić information content (AvgIpc) is 3.42. The number of nitrogens with zero attached hydrogens (tertiary/aromatic N) is 5. The van der Waals surface area contributed by atoms with E-state index in [-0.39, 0.29) is 20.1 Å². The summed E-state index contributed by atoms with van der Waals surface area (Å²) in [5.74, 6) is 2.45. The van der Waals surface area contributed by atoms with Crippen LogP contribution in [0, 0.1) is 13.0 Å². The molecule has 2 aromatic heterocycles. The zero-order chi connectivity index (χ0) is 23.1. The van der Waals surface area contributed by atoms with E-state index in [0.717, 1.165) is 39.6 Å². The topological polar surface area (TPSA) is 48.5 Å². The molecule has 0 saturated heterocycles. The van der Waals surface area contributed by atoms with E-state index in [1.807, 2.05) is 35.9 Å². The Hall–Kier alpha value is -3.08. The van der Waals surface area contributed by atoms with Crippen molar-refractivity contribution in [2.45, 2.75) is 46.5 Å². The maximum absolute atomic E-state index is 4.76. The van der Waals surface area contributed by atoms with Crippen LogP contribution in [0.1, 0.15) is 56.5 Å². The summed E-state index contributed by atoms with van der Waals surface area (Å²) in [5.41, 5.74) is 7.57. The molecular weight excluding hydrogens is 599 g/mol. The SMILES string of the molecule is Cc1nc2c[c-]c(-c3ncnn3-c3c(C(C)C)cccc3C(C)C)cc2n1-c1ccccc1.[Ir]. The van der Waals surface area contributed by atoms with E-state index in [0.29, 0.717) is 11.8 Å². The summed E-state index contributed by atoms with van der Waals surface area (Å²) in [6.07, 6.45) is 1.63. The molecule has 5 nitrogen and oxygen atoms in total. The van der Waals surface area contributed by atoms with Crippen LogP contribution in [-0.4, -0.2) is 24.3 Å². The van der Waals surface area contributed by atoms with Gasteiger partial charge in [-0.15, -0.1) is 23.8 Å². The Morgan fingerprint density at radius 3 is 2.21 bits per heavy atom. The summed E-state index contributed by atoms with van der Waals surface area (Å²) >= 11 is 0. The fourth-order valence-electron chi connectivity index (χ4n) is 4.52. The standard InChI is InChI=1S/C28H28N5.Ir/c1-18(2)23-12-9-13-24(19(3)4)27(23)33-28(29-17-30-33)21-14-15-25-26(16-21)32(20(5)31-25)22-10-7-6-8-11-22;/h6-13,15-19H,1-5H3;/q-1;. The molecule has 0 aliphatic heterocycles. The molecule has 3 aromatic carbocycles. The van der Waals surface area contributed by atoms with Gasteiger partial charge < -0.3 is 4.57 Å². The minimum atomic E-state index is 0. The number of hydrogen-bond acceptors (Lipinski definition) is 3. The molecule has 0 unspecified atom stereocenters. The molecule has 5 aromatic rings. The summed E-state index contributed by atoms with van der Waals surface area (Å²) < 4.78 is 4.16. The van der Waals surface area contributed by atoms with Crippen molar-refractivity contribution >= 4 is 11.0 Å². The summed E-state index contributed by atoms with van der Waals surface area (Å²) in [6.45, 7) is 10.9. The first-order valence-corrected chi connectivity index (χ1v) is 11.5. The van der Waals surface area contributed by atoms with Crippen molar-refractivity contribution in [3.63, 3.8) is 0 Å². The molecule has 0 bridgehead atoms. The number of aryl methyl sites for hydroxylation is 1. The first kappa shape index (κ1) is 24.1. The number of aromatic nitrogens is 5. The van der Waals surface area contributed by atoms with Crippen molar-refractivity contribution in [1.82, 2.24) is 24.3 Å². The Morgan fingerprint density at radius 1 is 0.882 bits per heavy atom. The maximum atomic E-state index is 4.76. The van der Waals surface area contributed by atoms with Gasteiger partial charge in [0.1, 0.15) is 6.33 Å². The molecule has 0 spiro atoms. The van der Waals surface area contributed by atoms with Gasteiger partial charge in [0.25, 0.3) is 0 Å². The molecule has 0 aliphatic carbocycles. The molecule has 175 valence electrons. The molecule has 1 radical (unpaired) electrons. The van der Waals surface area contributed by atoms with E-state index >= 15 is 0 Å². The normalized spacial score (nSPS) is 11.4. The molecule has 5 rings (SSSR count). The predicted molar refractivity (Wildman–Crippen MR) is 133 cm³/mol. The fraction of sp³-hybridized carbons (Fsp3) is 0.250. The van der Waals surface area contributed by atoms with E-state index in [1.165, 1.54) is 11.1 Å². The molecule has 6 heteroatoms. The summed E-state index contributed by atoms with van der Waals surface area (Å²) in [7, 11) is 0. The van der Waals surface area contributed by atoms with Crippen LogP contribution in [0.5, 0.6) is 0 Å². The summed E-state index contributed by atoms with van der Waals surface area (Å²) in [5, 5.41) is 4.68. The van der Waals surface area contributed by atoms with Crippen LogP contribution in [0.2, 0.25) is 0 Å². The Bertz CT molecular complexity index is 1400. The van der Waals surface area contributed by atoms with E-state index < -0.39 is 0 Å². The van der Waals surface area contributed by atoms with Gasteiger partial charge >= 0.3 is 0 Å². The van der Waals surface area contributed by atoms with E-state index in [9.17, 15) is 0 Å². The average molecular weight is 627 g/mol. The first-order valence-electron chi connectivity index (χ1n) is 11.5. The molecule has 0 saturated carbocycles. The summed E-state index contributed by atoms with van der Waals surface area (Å²) in [4.78, 5) is 9.43. The fourth-order valence-corrected chi connectivity index (χ4v) is 4.52. The van der Waals surface area contributed by atoms with Gasteiger partial charge in [0.15, 0.2) is 0 Å². The van der Waals surface area contributed by atoms with E-state index in [4.69, 9.17) is 4.98 Å². The Morgan fingerprint density at radius 2 is 1.56 bits per heavy atom. The molecule has 2 heterocycles. The van der Waals surface area contributed by atoms with Crippen molar-refractivity contribution in [3.05, 3.63) is 90.0 Å². The van der Waals surface area contributed by atoms with Crippen LogP contribution in [0.15, 0.2) is 67.0 Å². The Kier molecular flexibility index (Phi) is 6.83. The van der Waals surface area contributed by atoms with Crippen LogP contribution in [0.4, 0.5) is 0 Å². The van der Waals surface area contributed by atoms with Gasteiger partial charge in [-0.05, 0) is 47.5 Å².